The molecule has 0 bridgehead atoms. The fraction of sp³-hybridized carbons (Fsp3) is 0.857. The number of nitrogens with zero attached hydrogens (tertiary/aromatic N) is 1. The fourth-order valence-electron chi connectivity index (χ4n) is 2.37. The molecular weight excluding hydrogens is 196 g/mol. The highest BCUT2D eigenvalue weighted by molar-refractivity contribution is 4.96. The molecule has 0 saturated heterocycles. The van der Waals surface area contributed by atoms with E-state index in [-0.39, 0.29) is 5.54 Å². The summed E-state index contributed by atoms with van der Waals surface area (Å²) < 4.78 is 0. The van der Waals surface area contributed by atoms with Gasteiger partial charge in [0.2, 0.25) is 0 Å². The van der Waals surface area contributed by atoms with Gasteiger partial charge in [-0.2, -0.15) is 0 Å². The van der Waals surface area contributed by atoms with E-state index in [1.54, 1.807) is 0 Å². The summed E-state index contributed by atoms with van der Waals surface area (Å²) in [6.45, 7) is 18.5. The third-order valence-electron chi connectivity index (χ3n) is 3.47. The van der Waals surface area contributed by atoms with E-state index in [1.165, 1.54) is 6.42 Å². The lowest BCUT2D eigenvalue weighted by atomic mass is 9.89. The van der Waals surface area contributed by atoms with Gasteiger partial charge in [-0.3, -0.25) is 4.90 Å². The molecule has 2 heteroatoms. The number of likely N-dealkylation sites (N-methyl/N-ethyl adjacent to an activating group) is 1. The average Bonchev–Trinajstić information content (AvgIpc) is 2.25. The summed E-state index contributed by atoms with van der Waals surface area (Å²) in [5, 5.41) is 3.65. The van der Waals surface area contributed by atoms with Crippen LogP contribution < -0.4 is 5.32 Å². The molecule has 0 heterocycles. The van der Waals surface area contributed by atoms with E-state index < -0.39 is 0 Å². The highest BCUT2D eigenvalue weighted by atomic mass is 15.2. The summed E-state index contributed by atoms with van der Waals surface area (Å²) in [5.41, 5.74) is 0.187. The Bertz CT molecular complexity index is 183. The van der Waals surface area contributed by atoms with Gasteiger partial charge in [0.25, 0.3) is 0 Å². The maximum Gasteiger partial charge on any atom is 0.0309 e. The van der Waals surface area contributed by atoms with Crippen molar-refractivity contribution in [3.63, 3.8) is 0 Å². The Morgan fingerprint density at radius 2 is 1.81 bits per heavy atom. The molecule has 1 atom stereocenters. The van der Waals surface area contributed by atoms with Gasteiger partial charge in [-0.15, -0.1) is 6.58 Å². The maximum absolute atomic E-state index is 3.87. The van der Waals surface area contributed by atoms with Gasteiger partial charge in [-0.25, -0.2) is 0 Å². The molecule has 96 valence electrons. The third-order valence-corrected chi connectivity index (χ3v) is 3.47. The second-order valence-corrected chi connectivity index (χ2v) is 4.86. The molecule has 0 aromatic rings. The Labute approximate surface area is 102 Å². The van der Waals surface area contributed by atoms with Crippen molar-refractivity contribution in [2.75, 3.05) is 19.6 Å². The van der Waals surface area contributed by atoms with Gasteiger partial charge < -0.3 is 5.32 Å². The molecule has 0 rings (SSSR count). The predicted octanol–water partition coefficient (Wildman–Crippen LogP) is 3.05. The van der Waals surface area contributed by atoms with E-state index in [9.17, 15) is 0 Å². The van der Waals surface area contributed by atoms with Gasteiger partial charge in [0, 0.05) is 11.6 Å². The van der Waals surface area contributed by atoms with Crippen LogP contribution in [0.2, 0.25) is 0 Å². The van der Waals surface area contributed by atoms with Crippen molar-refractivity contribution in [2.24, 2.45) is 0 Å². The minimum atomic E-state index is 0.187. The van der Waals surface area contributed by atoms with Crippen molar-refractivity contribution in [3.05, 3.63) is 12.7 Å². The van der Waals surface area contributed by atoms with Crippen LogP contribution >= 0.6 is 0 Å². The summed E-state index contributed by atoms with van der Waals surface area (Å²) in [6.07, 6.45) is 4.24. The quantitative estimate of drug-likeness (QED) is 0.608. The Hall–Kier alpha value is -0.340. The number of hydrogen-bond donors (Lipinski definition) is 1. The largest absolute Gasteiger partial charge is 0.312 e. The highest BCUT2D eigenvalue weighted by Gasteiger charge is 2.32. The normalized spacial score (nSPS) is 14.1. The van der Waals surface area contributed by atoms with Crippen LogP contribution in [0.4, 0.5) is 0 Å². The van der Waals surface area contributed by atoms with E-state index in [1.807, 2.05) is 6.08 Å². The molecular formula is C14H30N2. The van der Waals surface area contributed by atoms with Crippen LogP contribution in [-0.4, -0.2) is 36.1 Å². The van der Waals surface area contributed by atoms with E-state index in [0.29, 0.717) is 6.04 Å². The Morgan fingerprint density at radius 1 is 1.25 bits per heavy atom. The third kappa shape index (κ3) is 4.26. The second kappa shape index (κ2) is 7.86. The van der Waals surface area contributed by atoms with Crippen LogP contribution in [0.5, 0.6) is 0 Å². The lowest BCUT2D eigenvalue weighted by Gasteiger charge is -2.43. The molecule has 0 spiro atoms. The lowest BCUT2D eigenvalue weighted by molar-refractivity contribution is 0.0922. The molecule has 0 aliphatic heterocycles. The maximum atomic E-state index is 3.87. The molecule has 0 aliphatic carbocycles. The summed E-state index contributed by atoms with van der Waals surface area (Å²) in [7, 11) is 0. The van der Waals surface area contributed by atoms with E-state index in [0.717, 1.165) is 26.1 Å². The first-order valence-electron chi connectivity index (χ1n) is 6.63. The molecule has 1 N–H and O–H groups in total. The van der Waals surface area contributed by atoms with E-state index in [4.69, 9.17) is 0 Å². The van der Waals surface area contributed by atoms with Crippen LogP contribution in [0.15, 0.2) is 12.7 Å². The first-order chi connectivity index (χ1) is 7.54. The van der Waals surface area contributed by atoms with Crippen molar-refractivity contribution < 1.29 is 0 Å². The Balaban J connectivity index is 4.63. The molecule has 0 aromatic heterocycles. The first-order valence-corrected chi connectivity index (χ1v) is 6.63. The number of rotatable bonds is 9. The highest BCUT2D eigenvalue weighted by Crippen LogP contribution is 2.21. The molecule has 0 amide bonds. The molecule has 0 aromatic carbocycles. The van der Waals surface area contributed by atoms with Crippen molar-refractivity contribution in [1.82, 2.24) is 10.2 Å². The summed E-state index contributed by atoms with van der Waals surface area (Å²) in [5.74, 6) is 0. The topological polar surface area (TPSA) is 15.3 Å². The molecule has 2 nitrogen and oxygen atoms in total. The summed E-state index contributed by atoms with van der Waals surface area (Å²) in [6, 6.07) is 0.491. The van der Waals surface area contributed by atoms with Gasteiger partial charge >= 0.3 is 0 Å². The van der Waals surface area contributed by atoms with Crippen LogP contribution in [0.3, 0.4) is 0 Å². The van der Waals surface area contributed by atoms with Crippen molar-refractivity contribution in [1.29, 1.82) is 0 Å². The van der Waals surface area contributed by atoms with Crippen molar-refractivity contribution >= 4 is 0 Å². The van der Waals surface area contributed by atoms with Gasteiger partial charge in [0.05, 0.1) is 0 Å². The van der Waals surface area contributed by atoms with Crippen LogP contribution in [0.1, 0.15) is 47.5 Å². The van der Waals surface area contributed by atoms with Crippen LogP contribution in [0, 0.1) is 0 Å². The smallest absolute Gasteiger partial charge is 0.0309 e. The average molecular weight is 226 g/mol. The Morgan fingerprint density at radius 3 is 2.19 bits per heavy atom. The van der Waals surface area contributed by atoms with Gasteiger partial charge in [0.15, 0.2) is 0 Å². The number of hydrogen-bond acceptors (Lipinski definition) is 2. The van der Waals surface area contributed by atoms with Crippen LogP contribution in [-0.2, 0) is 0 Å². The SMILES string of the molecule is C=CCC(NCCC)C(C)(C)N(CC)CC. The standard InChI is InChI=1S/C14H30N2/c1-7-11-13(15-12-8-2)14(5,6)16(9-3)10-4/h7,13,15H,1,8-12H2,2-6H3. The summed E-state index contributed by atoms with van der Waals surface area (Å²) in [4.78, 5) is 2.52. The molecule has 16 heavy (non-hydrogen) atoms. The number of nitrogens with one attached hydrogen (secondary N) is 1. The fourth-order valence-corrected chi connectivity index (χ4v) is 2.37. The predicted molar refractivity (Wildman–Crippen MR) is 73.9 cm³/mol. The van der Waals surface area contributed by atoms with Gasteiger partial charge in [-0.05, 0) is 46.3 Å². The summed E-state index contributed by atoms with van der Waals surface area (Å²) >= 11 is 0. The molecule has 0 aliphatic rings. The molecule has 0 saturated carbocycles. The van der Waals surface area contributed by atoms with Crippen molar-refractivity contribution in [2.45, 2.75) is 59.0 Å². The zero-order chi connectivity index (χ0) is 12.6. The van der Waals surface area contributed by atoms with Gasteiger partial charge in [-0.1, -0.05) is 26.8 Å². The lowest BCUT2D eigenvalue weighted by Crippen LogP contribution is -2.57. The van der Waals surface area contributed by atoms with E-state index >= 15 is 0 Å². The second-order valence-electron chi connectivity index (χ2n) is 4.86. The zero-order valence-corrected chi connectivity index (χ0v) is 11.8. The molecule has 0 fully saturated rings. The molecule has 0 radical (unpaired) electrons. The molecule has 1 unspecified atom stereocenters. The zero-order valence-electron chi connectivity index (χ0n) is 11.8. The van der Waals surface area contributed by atoms with Crippen molar-refractivity contribution in [3.8, 4) is 0 Å². The van der Waals surface area contributed by atoms with E-state index in [2.05, 4.69) is 51.4 Å². The Kier molecular flexibility index (Phi) is 7.69. The first kappa shape index (κ1) is 15.7. The monoisotopic (exact) mass is 226 g/mol. The van der Waals surface area contributed by atoms with Crippen LogP contribution in [0.25, 0.3) is 0 Å². The minimum Gasteiger partial charge on any atom is -0.312 e. The minimum absolute atomic E-state index is 0.187. The van der Waals surface area contributed by atoms with Gasteiger partial charge in [0.1, 0.15) is 0 Å².